The van der Waals surface area contributed by atoms with E-state index in [-0.39, 0.29) is 5.75 Å². The monoisotopic (exact) mass is 280 g/mol. The number of carboxylic acid groups (broad SMARTS) is 1. The summed E-state index contributed by atoms with van der Waals surface area (Å²) in [5, 5.41) is 8.59. The zero-order valence-corrected chi connectivity index (χ0v) is 10.8. The molecule has 0 aliphatic rings. The normalized spacial score (nSPS) is 14.4. The van der Waals surface area contributed by atoms with Gasteiger partial charge in [-0.1, -0.05) is 29.3 Å². The Balaban J connectivity index is 2.77. The molecule has 6 heteroatoms. The lowest BCUT2D eigenvalue weighted by Gasteiger charge is -2.07. The minimum absolute atomic E-state index is 0.157. The van der Waals surface area contributed by atoms with Crippen LogP contribution in [-0.2, 0) is 21.3 Å². The van der Waals surface area contributed by atoms with Gasteiger partial charge >= 0.3 is 5.97 Å². The summed E-state index contributed by atoms with van der Waals surface area (Å²) in [7, 11) is -1.46. The maximum Gasteiger partial charge on any atom is 0.318 e. The first kappa shape index (κ1) is 13.5. The van der Waals surface area contributed by atoms with E-state index >= 15 is 0 Å². The predicted molar refractivity (Wildman–Crippen MR) is 65.4 cm³/mol. The zero-order valence-electron chi connectivity index (χ0n) is 8.44. The average Bonchev–Trinajstić information content (AvgIpc) is 2.22. The van der Waals surface area contributed by atoms with Crippen LogP contribution in [0, 0.1) is 0 Å². The van der Waals surface area contributed by atoms with E-state index in [2.05, 4.69) is 0 Å². The number of carboxylic acids is 1. The Morgan fingerprint density at radius 3 is 2.56 bits per heavy atom. The van der Waals surface area contributed by atoms with Crippen molar-refractivity contribution in [1.82, 2.24) is 0 Å². The van der Waals surface area contributed by atoms with E-state index in [4.69, 9.17) is 28.3 Å². The molecule has 0 amide bonds. The molecule has 0 fully saturated rings. The molecule has 0 radical (unpaired) electrons. The van der Waals surface area contributed by atoms with E-state index in [1.165, 1.54) is 6.92 Å². The van der Waals surface area contributed by atoms with Crippen LogP contribution in [0.15, 0.2) is 18.2 Å². The fourth-order valence-corrected chi connectivity index (χ4v) is 2.33. The predicted octanol–water partition coefficient (Wildman–Crippen LogP) is 2.72. The lowest BCUT2D eigenvalue weighted by Crippen LogP contribution is -2.22. The zero-order chi connectivity index (χ0) is 12.3. The number of rotatable bonds is 4. The molecule has 1 rings (SSSR count). The summed E-state index contributed by atoms with van der Waals surface area (Å²) in [6.07, 6.45) is 0. The second-order valence-corrected chi connectivity index (χ2v) is 5.83. The van der Waals surface area contributed by atoms with E-state index in [1.54, 1.807) is 18.2 Å². The van der Waals surface area contributed by atoms with Crippen molar-refractivity contribution in [2.75, 3.05) is 0 Å². The summed E-state index contributed by atoms with van der Waals surface area (Å²) in [4.78, 5) is 10.6. The van der Waals surface area contributed by atoms with Gasteiger partial charge in [0.15, 0.2) is 0 Å². The summed E-state index contributed by atoms with van der Waals surface area (Å²) in [6, 6.07) is 4.87. The lowest BCUT2D eigenvalue weighted by atomic mass is 10.2. The Kier molecular flexibility index (Phi) is 4.77. The van der Waals surface area contributed by atoms with Crippen molar-refractivity contribution in [3.05, 3.63) is 33.8 Å². The average molecular weight is 281 g/mol. The number of aliphatic carboxylic acids is 1. The molecule has 0 bridgehead atoms. The summed E-state index contributed by atoms with van der Waals surface area (Å²) < 4.78 is 11.6. The van der Waals surface area contributed by atoms with E-state index in [9.17, 15) is 9.00 Å². The third-order valence-corrected chi connectivity index (χ3v) is 4.38. The second kappa shape index (κ2) is 5.66. The molecule has 1 aromatic carbocycles. The van der Waals surface area contributed by atoms with Gasteiger partial charge in [0, 0.05) is 16.6 Å². The first-order valence-electron chi connectivity index (χ1n) is 4.45. The molecule has 88 valence electrons. The summed E-state index contributed by atoms with van der Waals surface area (Å²) >= 11 is 11.5. The molecule has 0 spiro atoms. The Bertz CT molecular complexity index is 434. The van der Waals surface area contributed by atoms with Gasteiger partial charge in [0.05, 0.1) is 10.0 Å². The second-order valence-electron chi connectivity index (χ2n) is 3.25. The summed E-state index contributed by atoms with van der Waals surface area (Å²) in [5.41, 5.74) is 0.709. The quantitative estimate of drug-likeness (QED) is 0.923. The highest BCUT2D eigenvalue weighted by atomic mass is 35.5. The highest BCUT2D eigenvalue weighted by Gasteiger charge is 2.19. The largest absolute Gasteiger partial charge is 0.480 e. The maximum atomic E-state index is 11.6. The van der Waals surface area contributed by atoms with Crippen molar-refractivity contribution in [2.45, 2.75) is 17.9 Å². The molecular formula is C10H10Cl2O3S. The fourth-order valence-electron chi connectivity index (χ4n) is 1.03. The minimum Gasteiger partial charge on any atom is -0.480 e. The first-order chi connectivity index (χ1) is 7.41. The van der Waals surface area contributed by atoms with E-state index in [0.29, 0.717) is 15.6 Å². The van der Waals surface area contributed by atoms with E-state index < -0.39 is 22.0 Å². The van der Waals surface area contributed by atoms with Crippen LogP contribution >= 0.6 is 23.2 Å². The van der Waals surface area contributed by atoms with Gasteiger partial charge in [-0.2, -0.15) is 0 Å². The van der Waals surface area contributed by atoms with Gasteiger partial charge < -0.3 is 5.11 Å². The Hall–Kier alpha value is -0.580. The fraction of sp³-hybridized carbons (Fsp3) is 0.300. The van der Waals surface area contributed by atoms with Crippen LogP contribution in [0.4, 0.5) is 0 Å². The van der Waals surface area contributed by atoms with Crippen molar-refractivity contribution in [3.63, 3.8) is 0 Å². The summed E-state index contributed by atoms with van der Waals surface area (Å²) in [5.74, 6) is -0.914. The number of carbonyl (C=O) groups is 1. The standard InChI is InChI=1S/C10H10Cl2O3S/c1-6(10(13)14)16(15)5-7-2-3-8(11)9(12)4-7/h2-4,6H,5H2,1H3,(H,13,14). The highest BCUT2D eigenvalue weighted by molar-refractivity contribution is 7.85. The smallest absolute Gasteiger partial charge is 0.318 e. The maximum absolute atomic E-state index is 11.6. The van der Waals surface area contributed by atoms with E-state index in [0.717, 1.165) is 0 Å². The molecule has 0 heterocycles. The Morgan fingerprint density at radius 2 is 2.06 bits per heavy atom. The van der Waals surface area contributed by atoms with Crippen molar-refractivity contribution < 1.29 is 14.1 Å². The molecule has 0 aromatic heterocycles. The Morgan fingerprint density at radius 1 is 1.44 bits per heavy atom. The van der Waals surface area contributed by atoms with Crippen LogP contribution in [0.25, 0.3) is 0 Å². The molecule has 3 nitrogen and oxygen atoms in total. The van der Waals surface area contributed by atoms with Gasteiger partial charge in [-0.05, 0) is 24.6 Å². The molecular weight excluding hydrogens is 271 g/mol. The molecule has 1 aromatic rings. The highest BCUT2D eigenvalue weighted by Crippen LogP contribution is 2.23. The molecule has 16 heavy (non-hydrogen) atoms. The van der Waals surface area contributed by atoms with Crippen molar-refractivity contribution in [3.8, 4) is 0 Å². The van der Waals surface area contributed by atoms with Gasteiger partial charge in [-0.3, -0.25) is 9.00 Å². The SMILES string of the molecule is CC(C(=O)O)S(=O)Cc1ccc(Cl)c(Cl)c1. The van der Waals surface area contributed by atoms with Crippen LogP contribution in [-0.4, -0.2) is 20.5 Å². The lowest BCUT2D eigenvalue weighted by molar-refractivity contribution is -0.136. The van der Waals surface area contributed by atoms with Gasteiger partial charge in [0.2, 0.25) is 0 Å². The van der Waals surface area contributed by atoms with Crippen LogP contribution in [0.1, 0.15) is 12.5 Å². The number of hydrogen-bond donors (Lipinski definition) is 1. The first-order valence-corrected chi connectivity index (χ1v) is 6.59. The van der Waals surface area contributed by atoms with Crippen molar-refractivity contribution in [2.24, 2.45) is 0 Å². The van der Waals surface area contributed by atoms with Crippen LogP contribution in [0.2, 0.25) is 10.0 Å². The van der Waals surface area contributed by atoms with Gasteiger partial charge in [0.1, 0.15) is 5.25 Å². The molecule has 0 saturated heterocycles. The van der Waals surface area contributed by atoms with Crippen LogP contribution in [0.5, 0.6) is 0 Å². The van der Waals surface area contributed by atoms with Crippen molar-refractivity contribution >= 4 is 40.0 Å². The topological polar surface area (TPSA) is 54.4 Å². The van der Waals surface area contributed by atoms with E-state index in [1.807, 2.05) is 0 Å². The van der Waals surface area contributed by atoms with Gasteiger partial charge in [-0.15, -0.1) is 0 Å². The minimum atomic E-state index is -1.46. The molecule has 0 aliphatic heterocycles. The number of halogens is 2. The molecule has 1 N–H and O–H groups in total. The number of hydrogen-bond acceptors (Lipinski definition) is 2. The van der Waals surface area contributed by atoms with Crippen LogP contribution < -0.4 is 0 Å². The van der Waals surface area contributed by atoms with Gasteiger partial charge in [-0.25, -0.2) is 0 Å². The van der Waals surface area contributed by atoms with Crippen LogP contribution in [0.3, 0.4) is 0 Å². The van der Waals surface area contributed by atoms with Crippen molar-refractivity contribution in [1.29, 1.82) is 0 Å². The molecule has 2 atom stereocenters. The molecule has 2 unspecified atom stereocenters. The van der Waals surface area contributed by atoms with Gasteiger partial charge in [0.25, 0.3) is 0 Å². The third-order valence-electron chi connectivity index (χ3n) is 2.04. The number of benzene rings is 1. The molecule has 0 saturated carbocycles. The summed E-state index contributed by atoms with van der Waals surface area (Å²) in [6.45, 7) is 1.41. The Labute approximate surface area is 106 Å². The third kappa shape index (κ3) is 3.47. The molecule has 0 aliphatic carbocycles.